The molecule has 1 fully saturated rings. The number of para-hydroxylation sites is 3. The van der Waals surface area contributed by atoms with Crippen LogP contribution in [-0.4, -0.2) is 35.7 Å². The van der Waals surface area contributed by atoms with E-state index in [0.717, 1.165) is 59.0 Å². The molecule has 1 saturated heterocycles. The maximum absolute atomic E-state index is 13.0. The summed E-state index contributed by atoms with van der Waals surface area (Å²) < 4.78 is 13.7. The van der Waals surface area contributed by atoms with Gasteiger partial charge in [-0.1, -0.05) is 42.5 Å². The van der Waals surface area contributed by atoms with Crippen molar-refractivity contribution in [1.82, 2.24) is 9.55 Å². The van der Waals surface area contributed by atoms with Crippen LogP contribution >= 0.6 is 0 Å². The van der Waals surface area contributed by atoms with Crippen LogP contribution in [0.15, 0.2) is 85.5 Å². The third-order valence-corrected chi connectivity index (χ3v) is 6.66. The van der Waals surface area contributed by atoms with Crippen molar-refractivity contribution in [3.63, 3.8) is 0 Å². The molecule has 0 bridgehead atoms. The predicted octanol–water partition coefficient (Wildman–Crippen LogP) is 5.76. The molecule has 6 heteroatoms. The molecule has 2 heterocycles. The number of aromatic nitrogens is 2. The van der Waals surface area contributed by atoms with Crippen LogP contribution in [0, 0.1) is 0 Å². The Labute approximate surface area is 211 Å². The van der Waals surface area contributed by atoms with Crippen LogP contribution in [0.25, 0.3) is 11.0 Å². The number of amides is 1. The average Bonchev–Trinajstić information content (AvgIpc) is 3.48. The van der Waals surface area contributed by atoms with Gasteiger partial charge in [0.2, 0.25) is 5.91 Å². The molecule has 6 nitrogen and oxygen atoms in total. The van der Waals surface area contributed by atoms with Gasteiger partial charge in [-0.15, -0.1) is 6.58 Å². The molecule has 0 radical (unpaired) electrons. The topological polar surface area (TPSA) is 56.6 Å². The monoisotopic (exact) mass is 481 g/mol. The van der Waals surface area contributed by atoms with Gasteiger partial charge in [-0.2, -0.15) is 0 Å². The largest absolute Gasteiger partial charge is 0.497 e. The van der Waals surface area contributed by atoms with Gasteiger partial charge >= 0.3 is 0 Å². The molecule has 0 aliphatic carbocycles. The number of aryl methyl sites for hydroxylation is 1. The van der Waals surface area contributed by atoms with Crippen molar-refractivity contribution in [3.05, 3.63) is 96.8 Å². The SMILES string of the molecule is C=CCc1ccccc1OCCCn1c(C2CC(=O)N(c3cccc(OC)c3)C2)nc2ccccc21. The average molecular weight is 482 g/mol. The quantitative estimate of drug-likeness (QED) is 0.213. The lowest BCUT2D eigenvalue weighted by atomic mass is 10.1. The van der Waals surface area contributed by atoms with Crippen molar-refractivity contribution in [3.8, 4) is 11.5 Å². The van der Waals surface area contributed by atoms with Crippen LogP contribution in [0.3, 0.4) is 0 Å². The van der Waals surface area contributed by atoms with Gasteiger partial charge < -0.3 is 18.9 Å². The van der Waals surface area contributed by atoms with E-state index < -0.39 is 0 Å². The van der Waals surface area contributed by atoms with Gasteiger partial charge in [0.25, 0.3) is 0 Å². The molecule has 0 spiro atoms. The second-order valence-electron chi connectivity index (χ2n) is 9.02. The zero-order valence-corrected chi connectivity index (χ0v) is 20.6. The Bertz CT molecular complexity index is 1380. The zero-order chi connectivity index (χ0) is 24.9. The van der Waals surface area contributed by atoms with E-state index in [0.29, 0.717) is 19.6 Å². The first-order chi connectivity index (χ1) is 17.7. The Hall–Kier alpha value is -4.06. The highest BCUT2D eigenvalue weighted by atomic mass is 16.5. The molecule has 1 unspecified atom stereocenters. The normalized spacial score (nSPS) is 15.4. The van der Waals surface area contributed by atoms with E-state index in [1.54, 1.807) is 7.11 Å². The van der Waals surface area contributed by atoms with Crippen LogP contribution in [0.2, 0.25) is 0 Å². The summed E-state index contributed by atoms with van der Waals surface area (Å²) in [6.07, 6.45) is 3.94. The Kier molecular flexibility index (Phi) is 7.03. The van der Waals surface area contributed by atoms with Crippen molar-refractivity contribution >= 4 is 22.6 Å². The number of hydrogen-bond acceptors (Lipinski definition) is 4. The van der Waals surface area contributed by atoms with Crippen molar-refractivity contribution < 1.29 is 14.3 Å². The molecular weight excluding hydrogens is 450 g/mol. The molecule has 3 aromatic carbocycles. The van der Waals surface area contributed by atoms with Gasteiger partial charge in [0.1, 0.15) is 17.3 Å². The minimum atomic E-state index is 0.0188. The maximum Gasteiger partial charge on any atom is 0.227 e. The van der Waals surface area contributed by atoms with E-state index in [4.69, 9.17) is 14.5 Å². The van der Waals surface area contributed by atoms with Gasteiger partial charge in [0, 0.05) is 37.2 Å². The fraction of sp³-hybridized carbons (Fsp3) is 0.267. The lowest BCUT2D eigenvalue weighted by molar-refractivity contribution is -0.117. The highest BCUT2D eigenvalue weighted by Gasteiger charge is 2.35. The number of ether oxygens (including phenoxy) is 2. The number of hydrogen-bond donors (Lipinski definition) is 0. The second kappa shape index (κ2) is 10.7. The van der Waals surface area contributed by atoms with E-state index >= 15 is 0 Å². The zero-order valence-electron chi connectivity index (χ0n) is 20.6. The number of carbonyl (C=O) groups is 1. The van der Waals surface area contributed by atoms with E-state index in [9.17, 15) is 4.79 Å². The number of methoxy groups -OCH3 is 1. The molecule has 4 aromatic rings. The first kappa shape index (κ1) is 23.7. The number of benzene rings is 3. The Balaban J connectivity index is 1.33. The summed E-state index contributed by atoms with van der Waals surface area (Å²) in [5, 5.41) is 0. The predicted molar refractivity (Wildman–Crippen MR) is 143 cm³/mol. The smallest absolute Gasteiger partial charge is 0.227 e. The van der Waals surface area contributed by atoms with E-state index in [1.165, 1.54) is 0 Å². The maximum atomic E-state index is 13.0. The lowest BCUT2D eigenvalue weighted by Gasteiger charge is -2.18. The summed E-state index contributed by atoms with van der Waals surface area (Å²) in [5.41, 5.74) is 4.04. The first-order valence-corrected chi connectivity index (χ1v) is 12.4. The molecule has 5 rings (SSSR count). The van der Waals surface area contributed by atoms with Gasteiger partial charge in [-0.25, -0.2) is 4.98 Å². The number of rotatable bonds is 10. The van der Waals surface area contributed by atoms with Gasteiger partial charge in [0.15, 0.2) is 0 Å². The third kappa shape index (κ3) is 4.85. The lowest BCUT2D eigenvalue weighted by Crippen LogP contribution is -2.24. The van der Waals surface area contributed by atoms with Crippen LogP contribution in [0.4, 0.5) is 5.69 Å². The molecule has 184 valence electrons. The highest BCUT2D eigenvalue weighted by Crippen LogP contribution is 2.34. The summed E-state index contributed by atoms with van der Waals surface area (Å²) in [7, 11) is 1.64. The first-order valence-electron chi connectivity index (χ1n) is 12.4. The molecular formula is C30H31N3O3. The molecule has 0 N–H and O–H groups in total. The Morgan fingerprint density at radius 1 is 1.08 bits per heavy atom. The van der Waals surface area contributed by atoms with Gasteiger partial charge in [-0.05, 0) is 48.7 Å². The van der Waals surface area contributed by atoms with E-state index in [1.807, 2.05) is 71.6 Å². The summed E-state index contributed by atoms with van der Waals surface area (Å²) in [6, 6.07) is 23.9. The summed E-state index contributed by atoms with van der Waals surface area (Å²) in [6.45, 7) is 5.80. The minimum Gasteiger partial charge on any atom is -0.497 e. The molecule has 1 aliphatic heterocycles. The van der Waals surface area contributed by atoms with Crippen LogP contribution in [0.1, 0.15) is 30.1 Å². The number of anilines is 1. The summed E-state index contributed by atoms with van der Waals surface area (Å²) >= 11 is 0. The minimum absolute atomic E-state index is 0.0188. The van der Waals surface area contributed by atoms with Gasteiger partial charge in [0.05, 0.1) is 24.8 Å². The van der Waals surface area contributed by atoms with Crippen molar-refractivity contribution in [2.45, 2.75) is 31.7 Å². The molecule has 0 saturated carbocycles. The van der Waals surface area contributed by atoms with E-state index in [2.05, 4.69) is 23.3 Å². The van der Waals surface area contributed by atoms with Crippen molar-refractivity contribution in [2.75, 3.05) is 25.2 Å². The molecule has 36 heavy (non-hydrogen) atoms. The summed E-state index contributed by atoms with van der Waals surface area (Å²) in [5.74, 6) is 2.73. The number of allylic oxidation sites excluding steroid dienone is 1. The second-order valence-corrected chi connectivity index (χ2v) is 9.02. The fourth-order valence-corrected chi connectivity index (χ4v) is 4.92. The van der Waals surface area contributed by atoms with Crippen molar-refractivity contribution in [2.24, 2.45) is 0 Å². The van der Waals surface area contributed by atoms with Gasteiger partial charge in [-0.3, -0.25) is 4.79 Å². The fourth-order valence-electron chi connectivity index (χ4n) is 4.92. The highest BCUT2D eigenvalue weighted by molar-refractivity contribution is 5.96. The summed E-state index contributed by atoms with van der Waals surface area (Å²) in [4.78, 5) is 19.8. The van der Waals surface area contributed by atoms with Crippen LogP contribution in [-0.2, 0) is 17.8 Å². The van der Waals surface area contributed by atoms with Crippen molar-refractivity contribution in [1.29, 1.82) is 0 Å². The molecule has 1 aliphatic rings. The third-order valence-electron chi connectivity index (χ3n) is 6.66. The number of carbonyl (C=O) groups excluding carboxylic acids is 1. The Morgan fingerprint density at radius 3 is 2.78 bits per heavy atom. The Morgan fingerprint density at radius 2 is 1.92 bits per heavy atom. The standard InChI is InChI=1S/C30H31N3O3/c1-3-10-22-11-4-7-16-28(22)36-18-9-17-32-27-15-6-5-14-26(27)31-30(32)23-19-29(34)33(21-23)24-12-8-13-25(20-24)35-2/h3-8,11-16,20,23H,1,9-10,17-19,21H2,2H3. The number of fused-ring (bicyclic) bond motifs is 1. The molecule has 1 aromatic heterocycles. The van der Waals surface area contributed by atoms with Crippen LogP contribution < -0.4 is 14.4 Å². The molecule has 1 amide bonds. The van der Waals surface area contributed by atoms with Crippen LogP contribution in [0.5, 0.6) is 11.5 Å². The van der Waals surface area contributed by atoms with E-state index in [-0.39, 0.29) is 11.8 Å². The molecule has 1 atom stereocenters. The number of imidazole rings is 1. The number of nitrogens with zero attached hydrogens (tertiary/aromatic N) is 3.